The largest absolute Gasteiger partial charge is 0.495 e. The topological polar surface area (TPSA) is 112 Å². The van der Waals surface area contributed by atoms with E-state index in [-0.39, 0.29) is 17.3 Å². The maximum atomic E-state index is 12.9. The second-order valence-electron chi connectivity index (χ2n) is 7.18. The zero-order valence-corrected chi connectivity index (χ0v) is 17.8. The number of carbonyl (C=O) groups excluding carboxylic acids is 1. The molecule has 1 amide bonds. The van der Waals surface area contributed by atoms with Crippen molar-refractivity contribution in [2.45, 2.75) is 36.1 Å². The molecular formula is C21H21N5O4S. The van der Waals surface area contributed by atoms with Crippen molar-refractivity contribution < 1.29 is 14.5 Å². The van der Waals surface area contributed by atoms with Crippen molar-refractivity contribution in [2.75, 3.05) is 12.4 Å². The predicted molar refractivity (Wildman–Crippen MR) is 117 cm³/mol. The van der Waals surface area contributed by atoms with E-state index in [1.807, 2.05) is 34.9 Å². The minimum Gasteiger partial charge on any atom is -0.495 e. The molecule has 1 fully saturated rings. The van der Waals surface area contributed by atoms with Crippen molar-refractivity contribution in [1.29, 1.82) is 0 Å². The summed E-state index contributed by atoms with van der Waals surface area (Å²) < 4.78 is 7.22. The van der Waals surface area contributed by atoms with E-state index in [1.165, 1.54) is 37.1 Å². The Morgan fingerprint density at radius 1 is 1.26 bits per heavy atom. The van der Waals surface area contributed by atoms with Crippen LogP contribution in [-0.2, 0) is 4.79 Å². The van der Waals surface area contributed by atoms with Crippen molar-refractivity contribution in [3.63, 3.8) is 0 Å². The van der Waals surface area contributed by atoms with Gasteiger partial charge in [-0.2, -0.15) is 0 Å². The van der Waals surface area contributed by atoms with E-state index in [2.05, 4.69) is 15.5 Å². The first kappa shape index (κ1) is 20.9. The monoisotopic (exact) mass is 439 g/mol. The predicted octanol–water partition coefficient (Wildman–Crippen LogP) is 4.18. The molecule has 9 nitrogen and oxygen atoms in total. The molecule has 0 radical (unpaired) electrons. The number of nitrogens with zero attached hydrogens (tertiary/aromatic N) is 4. The third-order valence-corrected chi connectivity index (χ3v) is 5.96. The fourth-order valence-corrected chi connectivity index (χ4v) is 4.01. The lowest BCUT2D eigenvalue weighted by molar-refractivity contribution is -0.384. The Balaban J connectivity index is 1.55. The number of ether oxygens (including phenoxy) is 1. The molecule has 1 saturated carbocycles. The van der Waals surface area contributed by atoms with Crippen LogP contribution in [0.4, 0.5) is 11.4 Å². The lowest BCUT2D eigenvalue weighted by Gasteiger charge is -2.15. The van der Waals surface area contributed by atoms with E-state index in [0.717, 1.165) is 24.4 Å². The van der Waals surface area contributed by atoms with Gasteiger partial charge in [-0.25, -0.2) is 0 Å². The van der Waals surface area contributed by atoms with E-state index in [4.69, 9.17) is 4.74 Å². The molecule has 0 spiro atoms. The molecule has 160 valence electrons. The van der Waals surface area contributed by atoms with Crippen molar-refractivity contribution >= 4 is 29.0 Å². The molecule has 0 unspecified atom stereocenters. The molecule has 0 bridgehead atoms. The third-order valence-electron chi connectivity index (χ3n) is 4.92. The van der Waals surface area contributed by atoms with E-state index in [9.17, 15) is 14.9 Å². The van der Waals surface area contributed by atoms with E-state index in [0.29, 0.717) is 16.8 Å². The second-order valence-corrected chi connectivity index (χ2v) is 8.48. The number of aromatic nitrogens is 3. The van der Waals surface area contributed by atoms with Gasteiger partial charge in [0.1, 0.15) is 11.6 Å². The van der Waals surface area contributed by atoms with Crippen LogP contribution in [0.2, 0.25) is 0 Å². The summed E-state index contributed by atoms with van der Waals surface area (Å²) in [5, 5.41) is 22.6. The highest BCUT2D eigenvalue weighted by atomic mass is 32.2. The summed E-state index contributed by atoms with van der Waals surface area (Å²) >= 11 is 1.28. The summed E-state index contributed by atoms with van der Waals surface area (Å²) in [4.78, 5) is 23.4. The molecule has 10 heteroatoms. The SMILES string of the molecule is COc1ccc([N+](=O)[O-])cc1NC(=O)[C@H](C)Sc1nnc(C2CC2)n1-c1ccccc1. The highest BCUT2D eigenvalue weighted by Gasteiger charge is 2.32. The van der Waals surface area contributed by atoms with Crippen LogP contribution >= 0.6 is 11.8 Å². The standard InChI is InChI=1S/C21H21N5O4S/c1-13(20(27)22-17-12-16(26(28)29)10-11-18(17)30-2)31-21-24-23-19(14-8-9-14)25(21)15-6-4-3-5-7-15/h3-7,10-14H,8-9H2,1-2H3,(H,22,27)/t13-/m0/s1. The van der Waals surface area contributed by atoms with Crippen LogP contribution in [0.1, 0.15) is 31.5 Å². The van der Waals surface area contributed by atoms with Gasteiger partial charge in [0.15, 0.2) is 5.16 Å². The molecular weight excluding hydrogens is 418 g/mol. The quantitative estimate of drug-likeness (QED) is 0.318. The molecule has 1 heterocycles. The van der Waals surface area contributed by atoms with Crippen LogP contribution in [0.5, 0.6) is 5.75 Å². The number of benzene rings is 2. The number of hydrogen-bond donors (Lipinski definition) is 1. The molecule has 1 atom stereocenters. The molecule has 0 aliphatic heterocycles. The molecule has 3 aromatic rings. The first-order chi connectivity index (χ1) is 15.0. The lowest BCUT2D eigenvalue weighted by Crippen LogP contribution is -2.23. The third kappa shape index (κ3) is 4.53. The zero-order chi connectivity index (χ0) is 22.0. The van der Waals surface area contributed by atoms with Crippen LogP contribution < -0.4 is 10.1 Å². The number of nitrogens with one attached hydrogen (secondary N) is 1. The highest BCUT2D eigenvalue weighted by Crippen LogP contribution is 2.41. The van der Waals surface area contributed by atoms with Gasteiger partial charge in [-0.15, -0.1) is 10.2 Å². The van der Waals surface area contributed by atoms with E-state index < -0.39 is 10.2 Å². The number of para-hydroxylation sites is 1. The maximum absolute atomic E-state index is 12.9. The highest BCUT2D eigenvalue weighted by molar-refractivity contribution is 8.00. The van der Waals surface area contributed by atoms with Gasteiger partial charge in [0.2, 0.25) is 5.91 Å². The number of anilines is 1. The number of nitro groups is 1. The van der Waals surface area contributed by atoms with Crippen LogP contribution in [0.15, 0.2) is 53.7 Å². The van der Waals surface area contributed by atoms with Gasteiger partial charge >= 0.3 is 0 Å². The first-order valence-corrected chi connectivity index (χ1v) is 10.7. The molecule has 2 aromatic carbocycles. The van der Waals surface area contributed by atoms with E-state index >= 15 is 0 Å². The minimum atomic E-state index is -0.525. The first-order valence-electron chi connectivity index (χ1n) is 9.78. The van der Waals surface area contributed by atoms with Gasteiger partial charge in [0.05, 0.1) is 23.0 Å². The number of nitro benzene ring substituents is 1. The Bertz CT molecular complexity index is 1110. The van der Waals surface area contributed by atoms with Gasteiger partial charge in [0, 0.05) is 23.7 Å². The maximum Gasteiger partial charge on any atom is 0.271 e. The minimum absolute atomic E-state index is 0.130. The van der Waals surface area contributed by atoms with Crippen LogP contribution in [0, 0.1) is 10.1 Å². The number of amides is 1. The zero-order valence-electron chi connectivity index (χ0n) is 17.0. The van der Waals surface area contributed by atoms with Gasteiger partial charge < -0.3 is 10.1 Å². The van der Waals surface area contributed by atoms with Gasteiger partial charge in [0.25, 0.3) is 5.69 Å². The Labute approximate surface area is 183 Å². The average Bonchev–Trinajstić information content (AvgIpc) is 3.54. The summed E-state index contributed by atoms with van der Waals surface area (Å²) in [6.45, 7) is 1.75. The average molecular weight is 439 g/mol. The Morgan fingerprint density at radius 2 is 2.00 bits per heavy atom. The Kier molecular flexibility index (Phi) is 5.90. The van der Waals surface area contributed by atoms with Crippen LogP contribution in [-0.4, -0.2) is 38.0 Å². The van der Waals surface area contributed by atoms with Gasteiger partial charge in [-0.05, 0) is 38.0 Å². The number of methoxy groups -OCH3 is 1. The number of carbonyl (C=O) groups is 1. The van der Waals surface area contributed by atoms with Gasteiger partial charge in [-0.3, -0.25) is 19.5 Å². The molecule has 31 heavy (non-hydrogen) atoms. The fraction of sp³-hybridized carbons (Fsp3) is 0.286. The molecule has 1 N–H and O–H groups in total. The number of non-ortho nitro benzene ring substituents is 1. The second kappa shape index (κ2) is 8.76. The van der Waals surface area contributed by atoms with Crippen molar-refractivity contribution in [2.24, 2.45) is 0 Å². The van der Waals surface area contributed by atoms with Gasteiger partial charge in [-0.1, -0.05) is 30.0 Å². The Morgan fingerprint density at radius 3 is 2.65 bits per heavy atom. The van der Waals surface area contributed by atoms with Crippen molar-refractivity contribution in [3.05, 3.63) is 64.5 Å². The van der Waals surface area contributed by atoms with Crippen LogP contribution in [0.25, 0.3) is 5.69 Å². The normalized spacial score (nSPS) is 14.1. The summed E-state index contributed by atoms with van der Waals surface area (Å²) in [5.41, 5.74) is 1.07. The molecule has 0 saturated heterocycles. The van der Waals surface area contributed by atoms with Crippen molar-refractivity contribution in [1.82, 2.24) is 14.8 Å². The molecule has 1 aromatic heterocycles. The molecule has 4 rings (SSSR count). The Hall–Kier alpha value is -3.40. The fourth-order valence-electron chi connectivity index (χ4n) is 3.14. The number of hydrogen-bond acceptors (Lipinski definition) is 7. The lowest BCUT2D eigenvalue weighted by atomic mass is 10.2. The summed E-state index contributed by atoms with van der Waals surface area (Å²) in [6, 6.07) is 13.9. The smallest absolute Gasteiger partial charge is 0.271 e. The number of rotatable bonds is 8. The van der Waals surface area contributed by atoms with Crippen LogP contribution in [0.3, 0.4) is 0 Å². The summed E-state index contributed by atoms with van der Waals surface area (Å²) in [7, 11) is 1.44. The molecule has 1 aliphatic rings. The number of thioether (sulfide) groups is 1. The van der Waals surface area contributed by atoms with Crippen molar-refractivity contribution in [3.8, 4) is 11.4 Å². The summed E-state index contributed by atoms with van der Waals surface area (Å²) in [6.07, 6.45) is 2.16. The van der Waals surface area contributed by atoms with E-state index in [1.54, 1.807) is 6.92 Å². The molecule has 1 aliphatic carbocycles. The summed E-state index contributed by atoms with van der Waals surface area (Å²) in [5.74, 6) is 1.32.